The zero-order valence-corrected chi connectivity index (χ0v) is 18.8. The fourth-order valence-electron chi connectivity index (χ4n) is 3.98. The minimum absolute atomic E-state index is 0.0985. The Kier molecular flexibility index (Phi) is 6.94. The Balaban J connectivity index is 1.51. The highest BCUT2D eigenvalue weighted by Gasteiger charge is 2.48. The van der Waals surface area contributed by atoms with E-state index in [9.17, 15) is 14.0 Å². The van der Waals surface area contributed by atoms with Gasteiger partial charge >= 0.3 is 5.97 Å². The van der Waals surface area contributed by atoms with Crippen molar-refractivity contribution in [2.24, 2.45) is 5.92 Å². The van der Waals surface area contributed by atoms with Gasteiger partial charge in [0.25, 0.3) is 0 Å². The number of rotatable bonds is 8. The fourth-order valence-corrected chi connectivity index (χ4v) is 4.11. The van der Waals surface area contributed by atoms with Gasteiger partial charge in [0, 0.05) is 17.1 Å². The van der Waals surface area contributed by atoms with Gasteiger partial charge in [0.05, 0.1) is 19.1 Å². The standard InChI is InChI=1S/C26H23ClFNO4/c1-32-24(30)15-14-23-25(29(26(23)31)21-10-8-20(28)9-11-21)18-4-12-22(13-5-18)33-16-17-2-6-19(27)7-3-17/h2-13,23,25H,14-16H2,1H3/t23-,25-/m1/s1. The van der Waals surface area contributed by atoms with E-state index in [2.05, 4.69) is 0 Å². The van der Waals surface area contributed by atoms with Crippen LogP contribution in [0.1, 0.15) is 30.0 Å². The molecule has 7 heteroatoms. The molecule has 170 valence electrons. The van der Waals surface area contributed by atoms with Gasteiger partial charge in [0.2, 0.25) is 5.91 Å². The van der Waals surface area contributed by atoms with E-state index >= 15 is 0 Å². The number of halogens is 2. The lowest BCUT2D eigenvalue weighted by Gasteiger charge is -2.47. The molecule has 1 aliphatic heterocycles. The Morgan fingerprint density at radius 1 is 1.00 bits per heavy atom. The molecule has 1 fully saturated rings. The molecule has 4 rings (SSSR count). The molecule has 2 atom stereocenters. The van der Waals surface area contributed by atoms with E-state index < -0.39 is 0 Å². The van der Waals surface area contributed by atoms with Crippen LogP contribution in [0.15, 0.2) is 72.8 Å². The molecule has 0 saturated carbocycles. The van der Waals surface area contributed by atoms with Crippen LogP contribution in [0.5, 0.6) is 5.75 Å². The van der Waals surface area contributed by atoms with Crippen molar-refractivity contribution in [3.63, 3.8) is 0 Å². The second-order valence-corrected chi connectivity index (χ2v) is 8.27. The van der Waals surface area contributed by atoms with E-state index in [1.807, 2.05) is 48.5 Å². The van der Waals surface area contributed by atoms with E-state index in [0.29, 0.717) is 29.5 Å². The molecule has 3 aromatic carbocycles. The number of hydrogen-bond acceptors (Lipinski definition) is 4. The van der Waals surface area contributed by atoms with Crippen molar-refractivity contribution >= 4 is 29.2 Å². The molecule has 0 bridgehead atoms. The van der Waals surface area contributed by atoms with Crippen LogP contribution in [0, 0.1) is 11.7 Å². The molecule has 5 nitrogen and oxygen atoms in total. The predicted octanol–water partition coefficient (Wildman–Crippen LogP) is 5.72. The Bertz CT molecular complexity index is 1120. The molecular formula is C26H23ClFNO4. The molecule has 0 radical (unpaired) electrons. The topological polar surface area (TPSA) is 55.8 Å². The van der Waals surface area contributed by atoms with Gasteiger partial charge in [-0.05, 0) is 66.1 Å². The summed E-state index contributed by atoms with van der Waals surface area (Å²) in [4.78, 5) is 26.2. The molecule has 1 aliphatic rings. The molecule has 33 heavy (non-hydrogen) atoms. The van der Waals surface area contributed by atoms with Crippen molar-refractivity contribution in [1.29, 1.82) is 0 Å². The number of benzene rings is 3. The van der Waals surface area contributed by atoms with Gasteiger partial charge in [-0.3, -0.25) is 9.59 Å². The lowest BCUT2D eigenvalue weighted by Crippen LogP contribution is -2.55. The number of amides is 1. The van der Waals surface area contributed by atoms with Crippen LogP contribution in [0.4, 0.5) is 10.1 Å². The number of carbonyl (C=O) groups excluding carboxylic acids is 2. The van der Waals surface area contributed by atoms with E-state index in [4.69, 9.17) is 21.1 Å². The summed E-state index contributed by atoms with van der Waals surface area (Å²) in [7, 11) is 1.33. The minimum atomic E-state index is -0.368. The van der Waals surface area contributed by atoms with Crippen molar-refractivity contribution < 1.29 is 23.5 Å². The number of β-lactam (4-membered cyclic amide) rings is 1. The Hall–Kier alpha value is -3.38. The number of methoxy groups -OCH3 is 1. The van der Waals surface area contributed by atoms with Crippen LogP contribution in [-0.4, -0.2) is 19.0 Å². The summed E-state index contributed by atoms with van der Waals surface area (Å²) < 4.78 is 24.0. The van der Waals surface area contributed by atoms with E-state index in [1.165, 1.54) is 19.2 Å². The van der Waals surface area contributed by atoms with Crippen LogP contribution < -0.4 is 9.64 Å². The predicted molar refractivity (Wildman–Crippen MR) is 124 cm³/mol. The zero-order valence-electron chi connectivity index (χ0n) is 18.0. The number of nitrogens with zero attached hydrogens (tertiary/aromatic N) is 1. The highest BCUT2D eigenvalue weighted by molar-refractivity contribution is 6.30. The summed E-state index contributed by atoms with van der Waals surface area (Å²) in [5.41, 5.74) is 2.52. The van der Waals surface area contributed by atoms with Crippen LogP contribution in [0.25, 0.3) is 0 Å². The lowest BCUT2D eigenvalue weighted by atomic mass is 9.79. The Labute approximate surface area is 196 Å². The van der Waals surface area contributed by atoms with E-state index in [0.717, 1.165) is 11.1 Å². The van der Waals surface area contributed by atoms with Gasteiger partial charge in [-0.15, -0.1) is 0 Å². The SMILES string of the molecule is COC(=O)CC[C@H]1C(=O)N(c2ccc(F)cc2)[C@@H]1c1ccc(OCc2ccc(Cl)cc2)cc1. The summed E-state index contributed by atoms with van der Waals surface area (Å²) in [5.74, 6) is -0.493. The molecular weight excluding hydrogens is 445 g/mol. The fraction of sp³-hybridized carbons (Fsp3) is 0.231. The van der Waals surface area contributed by atoms with Gasteiger partial charge in [-0.1, -0.05) is 35.9 Å². The smallest absolute Gasteiger partial charge is 0.305 e. The van der Waals surface area contributed by atoms with Gasteiger partial charge in [-0.2, -0.15) is 0 Å². The first-order valence-corrected chi connectivity index (χ1v) is 11.0. The highest BCUT2D eigenvalue weighted by atomic mass is 35.5. The number of carbonyl (C=O) groups is 2. The van der Waals surface area contributed by atoms with Crippen LogP contribution in [0.2, 0.25) is 5.02 Å². The van der Waals surface area contributed by atoms with Crippen LogP contribution in [0.3, 0.4) is 0 Å². The highest BCUT2D eigenvalue weighted by Crippen LogP contribution is 2.45. The van der Waals surface area contributed by atoms with Crippen LogP contribution >= 0.6 is 11.6 Å². The van der Waals surface area contributed by atoms with E-state index in [-0.39, 0.29) is 36.1 Å². The molecule has 0 spiro atoms. The maximum atomic E-state index is 13.4. The number of hydrogen-bond donors (Lipinski definition) is 0. The van der Waals surface area contributed by atoms with Crippen molar-refractivity contribution in [2.75, 3.05) is 12.0 Å². The van der Waals surface area contributed by atoms with Gasteiger partial charge < -0.3 is 14.4 Å². The first kappa shape index (κ1) is 22.8. The lowest BCUT2D eigenvalue weighted by molar-refractivity contribution is -0.141. The van der Waals surface area contributed by atoms with Crippen molar-refractivity contribution in [3.8, 4) is 5.75 Å². The average Bonchev–Trinajstić information content (AvgIpc) is 2.83. The summed E-state index contributed by atoms with van der Waals surface area (Å²) in [6, 6.07) is 20.5. The summed E-state index contributed by atoms with van der Waals surface area (Å²) in [6.07, 6.45) is 0.533. The Morgan fingerprint density at radius 3 is 2.30 bits per heavy atom. The van der Waals surface area contributed by atoms with Gasteiger partial charge in [-0.25, -0.2) is 4.39 Å². The third-order valence-corrected chi connectivity index (χ3v) is 6.00. The maximum absolute atomic E-state index is 13.4. The largest absolute Gasteiger partial charge is 0.489 e. The molecule has 0 aliphatic carbocycles. The third kappa shape index (κ3) is 5.17. The van der Waals surface area contributed by atoms with Crippen LogP contribution in [-0.2, 0) is 20.9 Å². The first-order valence-electron chi connectivity index (χ1n) is 10.6. The molecule has 1 amide bonds. The number of ether oxygens (including phenoxy) is 2. The quantitative estimate of drug-likeness (QED) is 0.314. The molecule has 3 aromatic rings. The number of esters is 1. The second-order valence-electron chi connectivity index (χ2n) is 7.83. The molecule has 0 unspecified atom stereocenters. The molecule has 0 aromatic heterocycles. The zero-order chi connectivity index (χ0) is 23.4. The first-order chi connectivity index (χ1) is 16.0. The van der Waals surface area contributed by atoms with Crippen molar-refractivity contribution in [3.05, 3.63) is 94.8 Å². The second kappa shape index (κ2) is 10.0. The van der Waals surface area contributed by atoms with Crippen molar-refractivity contribution in [2.45, 2.75) is 25.5 Å². The molecule has 1 saturated heterocycles. The minimum Gasteiger partial charge on any atom is -0.489 e. The molecule has 0 N–H and O–H groups in total. The summed E-state index contributed by atoms with van der Waals surface area (Å²) >= 11 is 5.92. The third-order valence-electron chi connectivity index (χ3n) is 5.75. The number of anilines is 1. The summed E-state index contributed by atoms with van der Waals surface area (Å²) in [5, 5.41) is 0.672. The van der Waals surface area contributed by atoms with Crippen molar-refractivity contribution in [1.82, 2.24) is 0 Å². The monoisotopic (exact) mass is 467 g/mol. The Morgan fingerprint density at radius 2 is 1.67 bits per heavy atom. The van der Waals surface area contributed by atoms with E-state index in [1.54, 1.807) is 17.0 Å². The summed E-state index contributed by atoms with van der Waals surface area (Å²) in [6.45, 7) is 0.405. The maximum Gasteiger partial charge on any atom is 0.305 e. The van der Waals surface area contributed by atoms with Gasteiger partial charge in [0.15, 0.2) is 0 Å². The normalized spacial score (nSPS) is 17.4. The average molecular weight is 468 g/mol. The molecule has 1 heterocycles. The van der Waals surface area contributed by atoms with Gasteiger partial charge in [0.1, 0.15) is 18.2 Å².